The number of rotatable bonds is 25. The van der Waals surface area contributed by atoms with Gasteiger partial charge < -0.3 is 53.4 Å². The number of amides is 2. The molecule has 34 heteroatoms. The lowest BCUT2D eigenvalue weighted by Gasteiger charge is -2.43. The average Bonchev–Trinajstić information content (AvgIpc) is 1.19. The summed E-state index contributed by atoms with van der Waals surface area (Å²) in [6.07, 6.45) is 17.6. The summed E-state index contributed by atoms with van der Waals surface area (Å²) < 4.78 is 85.2. The molecule has 6 aliphatic heterocycles. The molecule has 1 saturated carbocycles. The van der Waals surface area contributed by atoms with Crippen molar-refractivity contribution in [3.05, 3.63) is 233 Å². The third kappa shape index (κ3) is 21.6. The fourth-order valence-corrected chi connectivity index (χ4v) is 22.6. The number of ether oxygens (including phenoxy) is 4. The molecule has 4 N–H and O–H groups in total. The molecule has 10 heterocycles. The number of piperazine rings is 4. The van der Waals surface area contributed by atoms with Crippen molar-refractivity contribution in [1.29, 1.82) is 0 Å². The molecule has 5 fully saturated rings. The van der Waals surface area contributed by atoms with E-state index in [1.54, 1.807) is 60.9 Å². The van der Waals surface area contributed by atoms with Crippen LogP contribution in [-0.2, 0) is 32.9 Å². The van der Waals surface area contributed by atoms with Gasteiger partial charge in [0.2, 0.25) is 0 Å². The number of halogens is 2. The molecule has 2 amide bonds. The molecule has 10 aromatic rings. The van der Waals surface area contributed by atoms with Gasteiger partial charge in [-0.25, -0.2) is 36.2 Å². The first-order valence-electron chi connectivity index (χ1n) is 46.6. The Balaban J connectivity index is 0.000000179. The molecule has 3 aliphatic carbocycles. The lowest BCUT2D eigenvalue weighted by molar-refractivity contribution is -0.386. The van der Waals surface area contributed by atoms with Crippen LogP contribution >= 0.6 is 23.2 Å². The van der Waals surface area contributed by atoms with Gasteiger partial charge in [0.05, 0.1) is 67.5 Å². The van der Waals surface area contributed by atoms with E-state index in [4.69, 9.17) is 42.1 Å². The largest absolute Gasteiger partial charge is 0.493 e. The molecule has 706 valence electrons. The summed E-state index contributed by atoms with van der Waals surface area (Å²) in [6, 6.07) is 39.5. The van der Waals surface area contributed by atoms with Crippen molar-refractivity contribution in [3.8, 4) is 34.5 Å². The molecule has 0 radical (unpaired) electrons. The Morgan fingerprint density at radius 3 is 1.38 bits per heavy atom. The van der Waals surface area contributed by atoms with Gasteiger partial charge in [-0.1, -0.05) is 92.7 Å². The zero-order valence-corrected chi connectivity index (χ0v) is 79.7. The van der Waals surface area contributed by atoms with E-state index in [0.29, 0.717) is 72.0 Å². The van der Waals surface area contributed by atoms with Crippen molar-refractivity contribution in [2.45, 2.75) is 127 Å². The third-order valence-corrected chi connectivity index (χ3v) is 31.6. The molecule has 19 rings (SSSR count). The van der Waals surface area contributed by atoms with Crippen molar-refractivity contribution in [2.24, 2.45) is 22.7 Å². The Morgan fingerprint density at radius 2 is 0.963 bits per heavy atom. The number of aromatic amines is 2. The molecular formula is C100H116Cl2N16O14S2. The van der Waals surface area contributed by atoms with Crippen molar-refractivity contribution in [3.63, 3.8) is 0 Å². The molecule has 30 nitrogen and oxygen atoms in total. The van der Waals surface area contributed by atoms with Gasteiger partial charge in [0.25, 0.3) is 43.2 Å². The van der Waals surface area contributed by atoms with E-state index in [1.165, 1.54) is 77.2 Å². The van der Waals surface area contributed by atoms with E-state index in [-0.39, 0.29) is 74.8 Å². The van der Waals surface area contributed by atoms with Crippen molar-refractivity contribution in [1.82, 2.24) is 58.8 Å². The summed E-state index contributed by atoms with van der Waals surface area (Å²) in [5.74, 6) is -0.673. The van der Waals surface area contributed by atoms with E-state index in [9.17, 15) is 46.7 Å². The first-order valence-corrected chi connectivity index (χ1v) is 50.3. The summed E-state index contributed by atoms with van der Waals surface area (Å²) in [5.41, 5.74) is 11.5. The predicted octanol–water partition coefficient (Wildman–Crippen LogP) is 16.6. The smallest absolute Gasteiger partial charge is 0.277 e. The Morgan fingerprint density at radius 1 is 0.537 bits per heavy atom. The number of pyridine rings is 2. The third-order valence-electron chi connectivity index (χ3n) is 28.5. The monoisotopic (exact) mass is 1900 g/mol. The number of aromatic nitrogens is 4. The van der Waals surface area contributed by atoms with E-state index < -0.39 is 51.5 Å². The number of hydrogen-bond donors (Lipinski definition) is 4. The number of carbonyl (C=O) groups is 2. The van der Waals surface area contributed by atoms with E-state index in [1.807, 2.05) is 36.4 Å². The molecule has 0 bridgehead atoms. The Hall–Kier alpha value is -11.0. The number of sulfonamides is 2. The zero-order valence-electron chi connectivity index (χ0n) is 76.6. The van der Waals surface area contributed by atoms with Crippen molar-refractivity contribution >= 4 is 111 Å². The number of allylic oxidation sites excluding steroid dienone is 2. The predicted molar refractivity (Wildman–Crippen MR) is 520 cm³/mol. The number of hydrogen-bond acceptors (Lipinski definition) is 24. The fraction of sp³-hybridized carbons (Fsp3) is 0.440. The highest BCUT2D eigenvalue weighted by Gasteiger charge is 2.40. The van der Waals surface area contributed by atoms with Gasteiger partial charge in [0.1, 0.15) is 45.8 Å². The second-order valence-electron chi connectivity index (χ2n) is 39.1. The van der Waals surface area contributed by atoms with Crippen molar-refractivity contribution < 1.29 is 55.2 Å². The molecule has 9 aliphatic rings. The van der Waals surface area contributed by atoms with Crippen LogP contribution in [0.1, 0.15) is 135 Å². The first-order chi connectivity index (χ1) is 64.3. The first kappa shape index (κ1) is 93.4. The molecular weight excluding hydrogens is 1780 g/mol. The van der Waals surface area contributed by atoms with Crippen LogP contribution in [0.3, 0.4) is 0 Å². The van der Waals surface area contributed by atoms with Gasteiger partial charge in [-0.3, -0.25) is 44.5 Å². The van der Waals surface area contributed by atoms with Crippen LogP contribution in [-0.4, -0.2) is 245 Å². The lowest BCUT2D eigenvalue weighted by Crippen LogP contribution is -2.53. The van der Waals surface area contributed by atoms with Crippen LogP contribution < -0.4 is 38.2 Å². The quantitative estimate of drug-likeness (QED) is 0.0305. The maximum Gasteiger partial charge on any atom is 0.277 e. The Bertz CT molecular complexity index is 6400. The number of nitrogens with zero attached hydrogens (tertiary/aromatic N) is 12. The summed E-state index contributed by atoms with van der Waals surface area (Å²) in [5, 5.41) is 28.0. The maximum absolute atomic E-state index is 14.1. The standard InChI is InChI=1S/C51H59ClN8O7S.C49H57ClN8O7S/c1-51(2)14-12-37(45(29-51)35-6-8-38(52)9-7-35)32-57-18-22-59(23-19-57)40-10-11-43(48(26-40)67-41-25-36-13-15-53-49(36)54-30-41)50(61)55-68(64,65)42-27-46(60(62)63)44-24-34(33-66-47(44)28-42)31-56-16-20-58(21-17-56)39-4-3-5-39;1-32-28-56(16-15-54(32)4)29-33-21-42-44(58(60)61)24-40(25-45(42)64-31-33)66(62,63)53-48(59)41-10-9-38(23-46(41)65-39-22-35-12-14-51-47(35)52-27-39)57-19-17-55(18-20-57)30-36-11-13-49(2,3)26-43(36)34-5-7-37(50)8-6-34/h6-11,13,15,25-28,30,34,39H,3-5,12,14,16-24,29,31-33H2,1-2H3,(H,53,54)(H,55,61);5-10,12,14,22-25,27,32-33H,11,13,15-21,26,28-31H2,1-4H3,(H,51,52)(H,53,59)/t34-;32-,33-/m00/s1. The van der Waals surface area contributed by atoms with Gasteiger partial charge in [-0.2, -0.15) is 0 Å². The van der Waals surface area contributed by atoms with Crippen LogP contribution in [0.15, 0.2) is 179 Å². The number of anilines is 2. The molecule has 3 atom stereocenters. The maximum atomic E-state index is 14.1. The SMILES string of the molecule is CC1(C)CCC(CN2CCN(c3ccc(C(=O)NS(=O)(=O)c4cc5c(c([N+](=O)[O-])c4)C[C@@H](CN4CCN(C6CCC6)CC4)CO5)c(Oc4cnc5[nH]ccc5c4)c3)CC2)=C(c2ccc(Cl)cc2)C1.C[C@H]1CN(C[C@H]2COc3cc(S(=O)(=O)NC(=O)c4ccc(N5CCN(CC6=C(c7ccc(Cl)cc7)CC(C)(C)CC6)CC5)cc4Oc4cnc5[nH]ccc5c4)cc([N+](=O)[O-])c3C2)CCN1C. The number of nitro benzene ring substituents is 2. The van der Waals surface area contributed by atoms with Crippen LogP contribution in [0, 0.1) is 42.9 Å². The number of H-pyrrole nitrogens is 2. The van der Waals surface area contributed by atoms with Crippen molar-refractivity contribution in [2.75, 3.05) is 154 Å². The second kappa shape index (κ2) is 39.3. The average molecular weight is 1900 g/mol. The number of nitrogens with one attached hydrogen (secondary N) is 4. The van der Waals surface area contributed by atoms with Crippen LogP contribution in [0.2, 0.25) is 10.0 Å². The fourth-order valence-electron chi connectivity index (χ4n) is 20.4. The Kier molecular flexibility index (Phi) is 27.4. The molecule has 134 heavy (non-hydrogen) atoms. The Labute approximate surface area is 791 Å². The molecule has 6 aromatic carbocycles. The highest BCUT2D eigenvalue weighted by molar-refractivity contribution is 7.90. The van der Waals surface area contributed by atoms with E-state index >= 15 is 0 Å². The summed E-state index contributed by atoms with van der Waals surface area (Å²) in [7, 11) is -7.16. The molecule has 4 saturated heterocycles. The van der Waals surface area contributed by atoms with Crippen LogP contribution in [0.4, 0.5) is 22.7 Å². The lowest BCUT2D eigenvalue weighted by atomic mass is 9.72. The molecule has 0 spiro atoms. The topological polar surface area (TPSA) is 333 Å². The van der Waals surface area contributed by atoms with Gasteiger partial charge in [0, 0.05) is 229 Å². The number of nitro groups is 2. The summed E-state index contributed by atoms with van der Waals surface area (Å²) in [6.45, 7) is 28.1. The molecule has 0 unspecified atom stereocenters. The van der Waals surface area contributed by atoms with Gasteiger partial charge in [0.15, 0.2) is 0 Å². The van der Waals surface area contributed by atoms with Gasteiger partial charge in [-0.15, -0.1) is 0 Å². The second-order valence-corrected chi connectivity index (χ2v) is 43.4. The summed E-state index contributed by atoms with van der Waals surface area (Å²) >= 11 is 12.5. The van der Waals surface area contributed by atoms with Gasteiger partial charge >= 0.3 is 0 Å². The minimum atomic E-state index is -4.63. The number of carbonyl (C=O) groups excluding carboxylic acids is 2. The van der Waals surface area contributed by atoms with E-state index in [2.05, 4.69) is 135 Å². The zero-order chi connectivity index (χ0) is 93.5. The molecule has 4 aromatic heterocycles. The van der Waals surface area contributed by atoms with Crippen LogP contribution in [0.25, 0.3) is 33.2 Å². The number of likely N-dealkylation sites (N-methyl/N-ethyl adjacent to an activating group) is 1. The van der Waals surface area contributed by atoms with Crippen LogP contribution in [0.5, 0.6) is 34.5 Å². The highest BCUT2D eigenvalue weighted by Crippen LogP contribution is 2.48. The summed E-state index contributed by atoms with van der Waals surface area (Å²) in [4.78, 5) is 85.2. The normalized spacial score (nSPS) is 20.7. The minimum Gasteiger partial charge on any atom is -0.493 e. The highest BCUT2D eigenvalue weighted by atomic mass is 35.5. The number of fused-ring (bicyclic) bond motifs is 4. The number of benzene rings is 6. The minimum absolute atomic E-state index is 0.00612. The van der Waals surface area contributed by atoms with Gasteiger partial charge in [-0.05, 0) is 184 Å². The van der Waals surface area contributed by atoms with E-state index in [0.717, 1.165) is 201 Å².